The van der Waals surface area contributed by atoms with Crippen LogP contribution in [-0.4, -0.2) is 24.4 Å². The molecule has 5 nitrogen and oxygen atoms in total. The molecule has 2 amide bonds. The van der Waals surface area contributed by atoms with E-state index in [1.807, 2.05) is 31.2 Å². The Morgan fingerprint density at radius 3 is 2.67 bits per heavy atom. The van der Waals surface area contributed by atoms with E-state index in [-0.39, 0.29) is 30.3 Å². The summed E-state index contributed by atoms with van der Waals surface area (Å²) in [5.41, 5.74) is 7.41. The lowest BCUT2D eigenvalue weighted by atomic mass is 10.1. The van der Waals surface area contributed by atoms with Crippen LogP contribution in [0, 0.1) is 0 Å². The van der Waals surface area contributed by atoms with E-state index in [1.165, 1.54) is 0 Å². The van der Waals surface area contributed by atoms with Crippen molar-refractivity contribution in [3.63, 3.8) is 0 Å². The van der Waals surface area contributed by atoms with E-state index < -0.39 is 6.04 Å². The standard InChI is InChI=1S/C15H21N3O2.ClH/c1-10(16)15(20)17-11(2)12-5-3-6-13(9-12)18-8-4-7-14(18)19;/h3,5-6,9-11H,4,7-8,16H2,1-2H3,(H,17,20);1H/t10-,11?;/m0./s1. The van der Waals surface area contributed by atoms with Gasteiger partial charge in [0.25, 0.3) is 0 Å². The number of anilines is 1. The molecule has 0 aliphatic carbocycles. The first-order chi connectivity index (χ1) is 9.49. The summed E-state index contributed by atoms with van der Waals surface area (Å²) in [7, 11) is 0. The van der Waals surface area contributed by atoms with Crippen LogP contribution in [0.2, 0.25) is 0 Å². The first-order valence-electron chi connectivity index (χ1n) is 6.95. The highest BCUT2D eigenvalue weighted by Crippen LogP contribution is 2.24. The number of carbonyl (C=O) groups excluding carboxylic acids is 2. The maximum absolute atomic E-state index is 11.8. The number of rotatable bonds is 4. The van der Waals surface area contributed by atoms with Crippen LogP contribution in [0.15, 0.2) is 24.3 Å². The van der Waals surface area contributed by atoms with Crippen molar-refractivity contribution in [2.24, 2.45) is 5.73 Å². The number of carbonyl (C=O) groups is 2. The Morgan fingerprint density at radius 2 is 2.10 bits per heavy atom. The second-order valence-electron chi connectivity index (χ2n) is 5.26. The van der Waals surface area contributed by atoms with Gasteiger partial charge in [-0.05, 0) is 38.0 Å². The van der Waals surface area contributed by atoms with Crippen molar-refractivity contribution in [1.82, 2.24) is 5.32 Å². The van der Waals surface area contributed by atoms with E-state index in [9.17, 15) is 9.59 Å². The van der Waals surface area contributed by atoms with Crippen molar-refractivity contribution < 1.29 is 9.59 Å². The molecule has 1 fully saturated rings. The Labute approximate surface area is 131 Å². The predicted molar refractivity (Wildman–Crippen MR) is 85.5 cm³/mol. The maximum atomic E-state index is 11.8. The fraction of sp³-hybridized carbons (Fsp3) is 0.467. The van der Waals surface area contributed by atoms with Gasteiger partial charge in [-0.2, -0.15) is 0 Å². The molecule has 6 heteroatoms. The van der Waals surface area contributed by atoms with Gasteiger partial charge in [0, 0.05) is 18.7 Å². The van der Waals surface area contributed by atoms with Crippen LogP contribution < -0.4 is 16.0 Å². The predicted octanol–water partition coefficient (Wildman–Crippen LogP) is 1.76. The molecule has 2 atom stereocenters. The van der Waals surface area contributed by atoms with Gasteiger partial charge in [0.15, 0.2) is 0 Å². The van der Waals surface area contributed by atoms with Crippen LogP contribution in [0.3, 0.4) is 0 Å². The number of amides is 2. The molecular formula is C15H22ClN3O2. The first-order valence-corrected chi connectivity index (χ1v) is 6.95. The van der Waals surface area contributed by atoms with Crippen LogP contribution in [0.4, 0.5) is 5.69 Å². The number of hydrogen-bond acceptors (Lipinski definition) is 3. The molecule has 1 saturated heterocycles. The van der Waals surface area contributed by atoms with Gasteiger partial charge in [-0.3, -0.25) is 9.59 Å². The van der Waals surface area contributed by atoms with Crippen molar-refractivity contribution in [2.45, 2.75) is 38.8 Å². The van der Waals surface area contributed by atoms with Crippen molar-refractivity contribution >= 4 is 29.9 Å². The van der Waals surface area contributed by atoms with Crippen molar-refractivity contribution in [3.8, 4) is 0 Å². The highest BCUT2D eigenvalue weighted by molar-refractivity contribution is 5.95. The fourth-order valence-corrected chi connectivity index (χ4v) is 2.31. The number of nitrogens with two attached hydrogens (primary N) is 1. The summed E-state index contributed by atoms with van der Waals surface area (Å²) in [6.45, 7) is 4.33. The van der Waals surface area contributed by atoms with E-state index in [0.29, 0.717) is 6.42 Å². The summed E-state index contributed by atoms with van der Waals surface area (Å²) < 4.78 is 0. The third-order valence-electron chi connectivity index (χ3n) is 3.53. The lowest BCUT2D eigenvalue weighted by molar-refractivity contribution is -0.122. The van der Waals surface area contributed by atoms with Crippen molar-refractivity contribution in [1.29, 1.82) is 0 Å². The molecule has 1 aromatic rings. The van der Waals surface area contributed by atoms with Gasteiger partial charge >= 0.3 is 0 Å². The molecule has 116 valence electrons. The molecule has 3 N–H and O–H groups in total. The van der Waals surface area contributed by atoms with Gasteiger partial charge in [0.2, 0.25) is 11.8 Å². The summed E-state index contributed by atoms with van der Waals surface area (Å²) in [6.07, 6.45) is 1.52. The SMILES string of the molecule is CC(NC(=O)[C@H](C)N)c1cccc(N2CCCC2=O)c1.Cl. The van der Waals surface area contributed by atoms with Crippen LogP contribution in [-0.2, 0) is 9.59 Å². The van der Waals surface area contributed by atoms with Crippen LogP contribution in [0.25, 0.3) is 0 Å². The van der Waals surface area contributed by atoms with E-state index in [2.05, 4.69) is 5.32 Å². The Morgan fingerprint density at radius 1 is 1.38 bits per heavy atom. The molecule has 0 saturated carbocycles. The van der Waals surface area contributed by atoms with Gasteiger partial charge in [-0.1, -0.05) is 12.1 Å². The van der Waals surface area contributed by atoms with Crippen LogP contribution >= 0.6 is 12.4 Å². The molecule has 0 bridgehead atoms. The monoisotopic (exact) mass is 311 g/mol. The highest BCUT2D eigenvalue weighted by Gasteiger charge is 2.22. The van der Waals surface area contributed by atoms with Gasteiger partial charge in [-0.15, -0.1) is 12.4 Å². The smallest absolute Gasteiger partial charge is 0.237 e. The molecule has 21 heavy (non-hydrogen) atoms. The van der Waals surface area contributed by atoms with E-state index in [4.69, 9.17) is 5.73 Å². The highest BCUT2D eigenvalue weighted by atomic mass is 35.5. The average molecular weight is 312 g/mol. The molecule has 1 unspecified atom stereocenters. The number of nitrogens with one attached hydrogen (secondary N) is 1. The summed E-state index contributed by atoms with van der Waals surface area (Å²) in [5.74, 6) is -0.0189. The molecule has 0 spiro atoms. The third-order valence-corrected chi connectivity index (χ3v) is 3.53. The number of halogens is 1. The van der Waals surface area contributed by atoms with E-state index >= 15 is 0 Å². The largest absolute Gasteiger partial charge is 0.348 e. The average Bonchev–Trinajstić information content (AvgIpc) is 2.85. The van der Waals surface area contributed by atoms with Gasteiger partial charge in [0.1, 0.15) is 0 Å². The molecule has 1 aliphatic rings. The minimum Gasteiger partial charge on any atom is -0.348 e. The first kappa shape index (κ1) is 17.5. The second-order valence-corrected chi connectivity index (χ2v) is 5.26. The zero-order chi connectivity index (χ0) is 14.7. The third kappa shape index (κ3) is 4.19. The Bertz CT molecular complexity index is 519. The minimum absolute atomic E-state index is 0. The summed E-state index contributed by atoms with van der Waals surface area (Å²) in [4.78, 5) is 25.2. The Balaban J connectivity index is 0.00000220. The van der Waals surface area contributed by atoms with Crippen molar-refractivity contribution in [3.05, 3.63) is 29.8 Å². The van der Waals surface area contributed by atoms with Crippen LogP contribution in [0.1, 0.15) is 38.3 Å². The zero-order valence-corrected chi connectivity index (χ0v) is 13.2. The molecule has 1 aliphatic heterocycles. The van der Waals surface area contributed by atoms with Gasteiger partial charge in [-0.25, -0.2) is 0 Å². The van der Waals surface area contributed by atoms with Crippen molar-refractivity contribution in [2.75, 3.05) is 11.4 Å². The molecule has 1 heterocycles. The molecule has 0 aromatic heterocycles. The maximum Gasteiger partial charge on any atom is 0.237 e. The second kappa shape index (κ2) is 7.43. The Kier molecular flexibility index (Phi) is 6.18. The topological polar surface area (TPSA) is 75.4 Å². The lowest BCUT2D eigenvalue weighted by Gasteiger charge is -2.20. The van der Waals surface area contributed by atoms with Gasteiger partial charge in [0.05, 0.1) is 12.1 Å². The molecule has 2 rings (SSSR count). The lowest BCUT2D eigenvalue weighted by Crippen LogP contribution is -2.39. The molecule has 1 aromatic carbocycles. The normalized spacial score (nSPS) is 17.1. The Hall–Kier alpha value is -1.59. The quantitative estimate of drug-likeness (QED) is 0.889. The number of nitrogens with zero attached hydrogens (tertiary/aromatic N) is 1. The van der Waals surface area contributed by atoms with Crippen LogP contribution in [0.5, 0.6) is 0 Å². The number of benzene rings is 1. The van der Waals surface area contributed by atoms with E-state index in [1.54, 1.807) is 11.8 Å². The zero-order valence-electron chi connectivity index (χ0n) is 12.3. The molecular weight excluding hydrogens is 290 g/mol. The summed E-state index contributed by atoms with van der Waals surface area (Å²) in [6, 6.07) is 7.07. The summed E-state index contributed by atoms with van der Waals surface area (Å²) in [5, 5.41) is 2.86. The summed E-state index contributed by atoms with van der Waals surface area (Å²) >= 11 is 0. The fourth-order valence-electron chi connectivity index (χ4n) is 2.31. The number of hydrogen-bond donors (Lipinski definition) is 2. The van der Waals surface area contributed by atoms with E-state index in [0.717, 1.165) is 24.2 Å². The molecule has 0 radical (unpaired) electrons. The van der Waals surface area contributed by atoms with Gasteiger partial charge < -0.3 is 16.0 Å². The minimum atomic E-state index is -0.527.